The summed E-state index contributed by atoms with van der Waals surface area (Å²) in [7, 11) is 4.21. The Balaban J connectivity index is -0.00000000167. The van der Waals surface area contributed by atoms with Gasteiger partial charge >= 0.3 is 60.8 Å². The zero-order valence-corrected chi connectivity index (χ0v) is 10.4. The second-order valence-electron chi connectivity index (χ2n) is 0. The van der Waals surface area contributed by atoms with Crippen LogP contribution in [0.4, 0.5) is 0 Å². The fourth-order valence-electron chi connectivity index (χ4n) is 0. The standard InChI is InChI=1S/2ClH.In.Na.S/h2*1H;;;/q;;2*+1;/p-2. The van der Waals surface area contributed by atoms with E-state index in [4.69, 9.17) is 0 Å². The molecule has 0 saturated heterocycles. The van der Waals surface area contributed by atoms with Crippen LogP contribution in [-0.4, -0.2) is 22.4 Å². The van der Waals surface area contributed by atoms with Crippen LogP contribution in [0.5, 0.6) is 0 Å². The Morgan fingerprint density at radius 3 is 1.00 bits per heavy atom. The van der Waals surface area contributed by atoms with Crippen LogP contribution in [0.2, 0.25) is 0 Å². The van der Waals surface area contributed by atoms with Crippen molar-refractivity contribution in [1.82, 2.24) is 0 Å². The Kier molecular flexibility index (Phi) is 152. The first-order valence-electron chi connectivity index (χ1n) is 0.236. The maximum absolute atomic E-state index is 4.21. The van der Waals surface area contributed by atoms with E-state index in [-0.39, 0.29) is 54.4 Å². The fraction of sp³-hybridized carbons (Fsp3) is 0. The van der Waals surface area contributed by atoms with Gasteiger partial charge in [0.25, 0.3) is 0 Å². The van der Waals surface area contributed by atoms with E-state index in [1.165, 1.54) is 0 Å². The molecule has 0 bridgehead atoms. The molecule has 0 aliphatic heterocycles. The van der Waals surface area contributed by atoms with E-state index >= 15 is 0 Å². The number of halogens is 2. The first-order chi connectivity index (χ1) is 1.00. The molecule has 0 atom stereocenters. The Bertz CT molecular complexity index is 9.61. The third-order valence-corrected chi connectivity index (χ3v) is 0. The molecule has 0 nitrogen and oxygen atoms in total. The van der Waals surface area contributed by atoms with Gasteiger partial charge in [-0.3, -0.25) is 0 Å². The molecule has 0 unspecified atom stereocenters. The summed E-state index contributed by atoms with van der Waals surface area (Å²) in [5, 5.41) is 0. The van der Waals surface area contributed by atoms with Gasteiger partial charge in [-0.2, -0.15) is 0 Å². The summed E-state index contributed by atoms with van der Waals surface area (Å²) in [6.07, 6.45) is 0. The van der Waals surface area contributed by atoms with E-state index < -0.39 is 0 Å². The van der Waals surface area contributed by atoms with Crippen LogP contribution in [0.15, 0.2) is 0 Å². The third-order valence-electron chi connectivity index (χ3n) is 0. The van der Waals surface area contributed by atoms with Gasteiger partial charge in [0.15, 0.2) is 0 Å². The van der Waals surface area contributed by atoms with Gasteiger partial charge < -0.3 is 24.8 Å². The van der Waals surface area contributed by atoms with Crippen molar-refractivity contribution >= 4 is 31.3 Å². The number of hydrogen-bond acceptors (Lipinski definition) is 1. The number of hydrogen-bond donors (Lipinski definition) is 0. The van der Waals surface area contributed by atoms with Gasteiger partial charge in [0, 0.05) is 0 Å². The van der Waals surface area contributed by atoms with Gasteiger partial charge in [-0.25, -0.2) is 0 Å². The molecule has 0 rings (SSSR count). The van der Waals surface area contributed by atoms with Crippen LogP contribution in [0.25, 0.3) is 0 Å². The first kappa shape index (κ1) is 25.3. The molecule has 24 valence electrons. The topological polar surface area (TPSA) is 0 Å². The average Bonchev–Trinajstić information content (AvgIpc) is 1.00. The van der Waals surface area contributed by atoms with Gasteiger partial charge in [-0.15, -0.1) is 0 Å². The molecular weight excluding hydrogens is 241 g/mol. The minimum absolute atomic E-state index is 0. The Morgan fingerprint density at radius 1 is 1.00 bits per heavy atom. The number of rotatable bonds is 0. The molecule has 0 spiro atoms. The third kappa shape index (κ3) is 20.4. The fourth-order valence-corrected chi connectivity index (χ4v) is 0. The van der Waals surface area contributed by atoms with Crippen LogP contribution in [0.1, 0.15) is 0 Å². The minimum atomic E-state index is 0. The van der Waals surface area contributed by atoms with E-state index in [9.17, 15) is 0 Å². The molecule has 0 aromatic carbocycles. The summed E-state index contributed by atoms with van der Waals surface area (Å²) in [5.41, 5.74) is 0. The average molecular weight is 241 g/mol. The van der Waals surface area contributed by atoms with Crippen LogP contribution in [-0.2, 0) is 0 Å². The quantitative estimate of drug-likeness (QED) is 0.379. The zero-order valence-electron chi connectivity index (χ0n) is 2.74. The van der Waals surface area contributed by atoms with Crippen LogP contribution < -0.4 is 54.4 Å². The van der Waals surface area contributed by atoms with Crippen molar-refractivity contribution in [1.29, 1.82) is 0 Å². The summed E-state index contributed by atoms with van der Waals surface area (Å²) in [6.45, 7) is 0. The van der Waals surface area contributed by atoms with Crippen molar-refractivity contribution in [2.24, 2.45) is 0 Å². The molecule has 5 heavy (non-hydrogen) atoms. The summed E-state index contributed by atoms with van der Waals surface area (Å²) in [6, 6.07) is 0. The summed E-state index contributed by atoms with van der Waals surface area (Å²) >= 11 is 0.933. The molecule has 0 fully saturated rings. The van der Waals surface area contributed by atoms with Gasteiger partial charge in [-0.05, 0) is 0 Å². The zero-order chi connectivity index (χ0) is 2.00. The molecule has 0 radical (unpaired) electrons. The Hall–Kier alpha value is 2.67. The normalized spacial score (nSPS) is 1.20. The van der Waals surface area contributed by atoms with Gasteiger partial charge in [0.1, 0.15) is 0 Å². The molecule has 0 N–H and O–H groups in total. The van der Waals surface area contributed by atoms with E-state index in [2.05, 4.69) is 8.92 Å². The Labute approximate surface area is 84.1 Å². The van der Waals surface area contributed by atoms with Crippen molar-refractivity contribution in [2.45, 2.75) is 0 Å². The monoisotopic (exact) mass is 240 g/mol. The van der Waals surface area contributed by atoms with Crippen molar-refractivity contribution < 1.29 is 54.4 Å². The summed E-state index contributed by atoms with van der Waals surface area (Å²) in [5.74, 6) is 0. The van der Waals surface area contributed by atoms with Crippen LogP contribution >= 0.6 is 8.92 Å². The van der Waals surface area contributed by atoms with Crippen molar-refractivity contribution in [3.63, 3.8) is 0 Å². The van der Waals surface area contributed by atoms with Crippen molar-refractivity contribution in [2.75, 3.05) is 0 Å². The van der Waals surface area contributed by atoms with Crippen molar-refractivity contribution in [3.05, 3.63) is 0 Å². The SMILES string of the molecule is [Cl-].[Cl-].[Na+].[S]=[In+]. The van der Waals surface area contributed by atoms with Gasteiger partial charge in [-0.1, -0.05) is 0 Å². The molecule has 0 aliphatic rings. The van der Waals surface area contributed by atoms with Gasteiger partial charge in [0.05, 0.1) is 0 Å². The van der Waals surface area contributed by atoms with E-state index in [0.717, 1.165) is 22.4 Å². The predicted octanol–water partition coefficient (Wildman–Crippen LogP) is -8.72. The summed E-state index contributed by atoms with van der Waals surface area (Å²) in [4.78, 5) is 0. The van der Waals surface area contributed by atoms with Crippen LogP contribution in [0.3, 0.4) is 0 Å². The molecule has 5 heteroatoms. The van der Waals surface area contributed by atoms with E-state index in [1.807, 2.05) is 0 Å². The van der Waals surface area contributed by atoms with Crippen molar-refractivity contribution in [3.8, 4) is 0 Å². The second kappa shape index (κ2) is 30.1. The molecular formula is Cl2InNaS. The summed E-state index contributed by atoms with van der Waals surface area (Å²) < 4.78 is 0. The predicted molar refractivity (Wildman–Crippen MR) is 13.3 cm³/mol. The molecule has 0 amide bonds. The molecule has 0 aliphatic carbocycles. The van der Waals surface area contributed by atoms with E-state index in [1.54, 1.807) is 0 Å². The molecule has 0 aromatic heterocycles. The van der Waals surface area contributed by atoms with Gasteiger partial charge in [0.2, 0.25) is 0 Å². The molecule has 0 heterocycles. The maximum atomic E-state index is 4.21. The van der Waals surface area contributed by atoms with E-state index in [0.29, 0.717) is 0 Å². The first-order valence-corrected chi connectivity index (χ1v) is 4.74. The second-order valence-corrected chi connectivity index (χ2v) is 0. The molecule has 0 aromatic rings. The molecule has 0 saturated carbocycles. The Morgan fingerprint density at radius 2 is 1.00 bits per heavy atom. The van der Waals surface area contributed by atoms with Crippen LogP contribution in [0, 0.1) is 0 Å².